The summed E-state index contributed by atoms with van der Waals surface area (Å²) in [5.74, 6) is -0.104. The Hall–Kier alpha value is -1.63. The molecule has 1 aromatic rings. The molecule has 0 N–H and O–H groups in total. The van der Waals surface area contributed by atoms with Crippen LogP contribution in [0.5, 0.6) is 5.75 Å². The molecule has 1 atom stereocenters. The van der Waals surface area contributed by atoms with Gasteiger partial charge in [0.15, 0.2) is 5.75 Å². The number of ether oxygens (including phenoxy) is 1. The molecule has 0 radical (unpaired) electrons. The number of hydrogen-bond acceptors (Lipinski definition) is 4. The summed E-state index contributed by atoms with van der Waals surface area (Å²) in [6.07, 6.45) is 0.806. The Kier molecular flexibility index (Phi) is 5.94. The van der Waals surface area contributed by atoms with Gasteiger partial charge in [0.25, 0.3) is 5.91 Å². The first kappa shape index (κ1) is 16.4. The van der Waals surface area contributed by atoms with E-state index in [9.17, 15) is 14.9 Å². The van der Waals surface area contributed by atoms with E-state index < -0.39 is 4.92 Å². The zero-order chi connectivity index (χ0) is 15.3. The lowest BCUT2D eigenvalue weighted by atomic mass is 10.1. The third-order valence-electron chi connectivity index (χ3n) is 2.83. The summed E-state index contributed by atoms with van der Waals surface area (Å²) in [6, 6.07) is 4.21. The van der Waals surface area contributed by atoms with Crippen LogP contribution < -0.4 is 4.74 Å². The Balaban J connectivity index is 2.93. The van der Waals surface area contributed by atoms with Crippen molar-refractivity contribution in [2.75, 3.05) is 20.7 Å². The lowest BCUT2D eigenvalue weighted by Crippen LogP contribution is -2.28. The number of benzene rings is 1. The minimum Gasteiger partial charge on any atom is -0.490 e. The molecule has 0 aliphatic carbocycles. The molecule has 20 heavy (non-hydrogen) atoms. The van der Waals surface area contributed by atoms with Crippen molar-refractivity contribution in [1.29, 1.82) is 0 Å². The maximum absolute atomic E-state index is 12.2. The van der Waals surface area contributed by atoms with Gasteiger partial charge in [0.05, 0.1) is 12.0 Å². The summed E-state index contributed by atoms with van der Waals surface area (Å²) in [4.78, 5) is 24.4. The maximum atomic E-state index is 12.2. The quantitative estimate of drug-likeness (QED) is 0.451. The van der Waals surface area contributed by atoms with E-state index in [0.717, 1.165) is 6.42 Å². The van der Waals surface area contributed by atoms with E-state index in [4.69, 9.17) is 4.74 Å². The first-order valence-corrected chi connectivity index (χ1v) is 7.00. The largest absolute Gasteiger partial charge is 0.490 e. The summed E-state index contributed by atoms with van der Waals surface area (Å²) in [5, 5.41) is 10.9. The van der Waals surface area contributed by atoms with Crippen LogP contribution in [0.2, 0.25) is 0 Å². The van der Waals surface area contributed by atoms with Crippen molar-refractivity contribution in [3.05, 3.63) is 33.9 Å². The topological polar surface area (TPSA) is 72.7 Å². The predicted molar refractivity (Wildman–Crippen MR) is 79.6 cm³/mol. The second-order valence-electron chi connectivity index (χ2n) is 4.44. The molecule has 0 aliphatic rings. The Bertz CT molecular complexity index is 505. The molecule has 0 bridgehead atoms. The van der Waals surface area contributed by atoms with Gasteiger partial charge in [0.1, 0.15) is 0 Å². The van der Waals surface area contributed by atoms with Crippen LogP contribution in [-0.2, 0) is 0 Å². The van der Waals surface area contributed by atoms with Crippen molar-refractivity contribution in [3.8, 4) is 5.75 Å². The number of methoxy groups -OCH3 is 1. The fourth-order valence-electron chi connectivity index (χ4n) is 1.66. The van der Waals surface area contributed by atoms with Crippen LogP contribution in [0.4, 0.5) is 5.69 Å². The predicted octanol–water partition coefficient (Wildman–Crippen LogP) is 2.85. The lowest BCUT2D eigenvalue weighted by molar-refractivity contribution is -0.385. The number of alkyl halides is 1. The average molecular weight is 345 g/mol. The number of amides is 1. The molecule has 0 aliphatic heterocycles. The first-order valence-electron chi connectivity index (χ1n) is 6.08. The minimum absolute atomic E-state index is 0.142. The highest BCUT2D eigenvalue weighted by Crippen LogP contribution is 2.27. The fourth-order valence-corrected chi connectivity index (χ4v) is 1.86. The molecule has 1 unspecified atom stereocenters. The van der Waals surface area contributed by atoms with E-state index in [0.29, 0.717) is 11.4 Å². The van der Waals surface area contributed by atoms with Crippen molar-refractivity contribution in [3.63, 3.8) is 0 Å². The molecule has 0 saturated heterocycles. The molecule has 0 spiro atoms. The summed E-state index contributed by atoms with van der Waals surface area (Å²) >= 11 is 3.41. The lowest BCUT2D eigenvalue weighted by Gasteiger charge is -2.18. The molecular weight excluding hydrogens is 328 g/mol. The normalized spacial score (nSPS) is 11.8. The van der Waals surface area contributed by atoms with Gasteiger partial charge in [-0.1, -0.05) is 22.9 Å². The van der Waals surface area contributed by atoms with Gasteiger partial charge in [0, 0.05) is 30.0 Å². The number of rotatable bonds is 6. The summed E-state index contributed by atoms with van der Waals surface area (Å²) < 4.78 is 4.91. The van der Waals surface area contributed by atoms with Gasteiger partial charge in [-0.15, -0.1) is 0 Å². The van der Waals surface area contributed by atoms with E-state index in [1.54, 1.807) is 11.9 Å². The molecule has 0 aromatic heterocycles. The van der Waals surface area contributed by atoms with Gasteiger partial charge in [-0.25, -0.2) is 0 Å². The van der Waals surface area contributed by atoms with Gasteiger partial charge in [-0.3, -0.25) is 14.9 Å². The fraction of sp³-hybridized carbons (Fsp3) is 0.462. The summed E-state index contributed by atoms with van der Waals surface area (Å²) in [6.45, 7) is 2.57. The molecule has 1 amide bonds. The monoisotopic (exact) mass is 344 g/mol. The Morgan fingerprint density at radius 2 is 2.20 bits per heavy atom. The summed E-state index contributed by atoms with van der Waals surface area (Å²) in [5.41, 5.74) is 0.0721. The molecular formula is C13H17BrN2O4. The molecule has 6 nitrogen and oxygen atoms in total. The molecule has 1 rings (SSSR count). The molecule has 7 heteroatoms. The average Bonchev–Trinajstić information content (AvgIpc) is 2.42. The number of nitrogens with zero attached hydrogens (tertiary/aromatic N) is 2. The van der Waals surface area contributed by atoms with Crippen LogP contribution in [0.25, 0.3) is 0 Å². The Labute approximate surface area is 126 Å². The van der Waals surface area contributed by atoms with E-state index in [1.165, 1.54) is 25.3 Å². The van der Waals surface area contributed by atoms with Gasteiger partial charge >= 0.3 is 5.69 Å². The number of halogens is 1. The maximum Gasteiger partial charge on any atom is 0.311 e. The third kappa shape index (κ3) is 4.19. The number of carbonyl (C=O) groups is 1. The standard InChI is InChI=1S/C13H17BrN2O4/c1-9(14)6-7-15(2)13(17)10-4-5-12(20-3)11(8-10)16(18)19/h4-5,8-9H,6-7H2,1-3H3. The second-order valence-corrected chi connectivity index (χ2v) is 6.00. The van der Waals surface area contributed by atoms with Crippen molar-refractivity contribution in [1.82, 2.24) is 4.90 Å². The van der Waals surface area contributed by atoms with E-state index in [1.807, 2.05) is 6.92 Å². The first-order chi connectivity index (χ1) is 9.36. The van der Waals surface area contributed by atoms with Gasteiger partial charge in [-0.05, 0) is 18.6 Å². The molecule has 110 valence electrons. The molecule has 1 aromatic carbocycles. The van der Waals surface area contributed by atoms with Gasteiger partial charge in [0.2, 0.25) is 0 Å². The minimum atomic E-state index is -0.559. The number of nitro benzene ring substituents is 1. The molecule has 0 heterocycles. The van der Waals surface area contributed by atoms with Crippen LogP contribution in [-0.4, -0.2) is 41.3 Å². The number of hydrogen-bond donors (Lipinski definition) is 0. The second kappa shape index (κ2) is 7.23. The smallest absolute Gasteiger partial charge is 0.311 e. The number of carbonyl (C=O) groups excluding carboxylic acids is 1. The van der Waals surface area contributed by atoms with E-state index in [-0.39, 0.29) is 22.9 Å². The van der Waals surface area contributed by atoms with Crippen molar-refractivity contribution in [2.24, 2.45) is 0 Å². The van der Waals surface area contributed by atoms with Crippen LogP contribution >= 0.6 is 15.9 Å². The van der Waals surface area contributed by atoms with Gasteiger partial charge in [-0.2, -0.15) is 0 Å². The highest BCUT2D eigenvalue weighted by molar-refractivity contribution is 9.09. The molecule has 0 saturated carbocycles. The molecule has 0 fully saturated rings. The van der Waals surface area contributed by atoms with Crippen LogP contribution in [0.3, 0.4) is 0 Å². The van der Waals surface area contributed by atoms with Crippen LogP contribution in [0.1, 0.15) is 23.7 Å². The SMILES string of the molecule is COc1ccc(C(=O)N(C)CCC(C)Br)cc1[N+](=O)[O-]. The van der Waals surface area contributed by atoms with E-state index >= 15 is 0 Å². The van der Waals surface area contributed by atoms with E-state index in [2.05, 4.69) is 15.9 Å². The summed E-state index contributed by atoms with van der Waals surface area (Å²) in [7, 11) is 3.03. The zero-order valence-electron chi connectivity index (χ0n) is 11.6. The highest BCUT2D eigenvalue weighted by atomic mass is 79.9. The van der Waals surface area contributed by atoms with Crippen LogP contribution in [0, 0.1) is 10.1 Å². The van der Waals surface area contributed by atoms with Crippen molar-refractivity contribution < 1.29 is 14.5 Å². The highest BCUT2D eigenvalue weighted by Gasteiger charge is 2.20. The van der Waals surface area contributed by atoms with Gasteiger partial charge < -0.3 is 9.64 Å². The zero-order valence-corrected chi connectivity index (χ0v) is 13.2. The van der Waals surface area contributed by atoms with Crippen molar-refractivity contribution in [2.45, 2.75) is 18.2 Å². The van der Waals surface area contributed by atoms with Crippen LogP contribution in [0.15, 0.2) is 18.2 Å². The number of nitro groups is 1. The Morgan fingerprint density at radius 1 is 1.55 bits per heavy atom. The Morgan fingerprint density at radius 3 is 2.70 bits per heavy atom. The third-order valence-corrected chi connectivity index (χ3v) is 3.29. The van der Waals surface area contributed by atoms with Crippen molar-refractivity contribution >= 4 is 27.5 Å².